The Bertz CT molecular complexity index is 400. The molecule has 0 saturated heterocycles. The van der Waals surface area contributed by atoms with Gasteiger partial charge in [0.25, 0.3) is 0 Å². The van der Waals surface area contributed by atoms with Gasteiger partial charge in [-0.2, -0.15) is 0 Å². The third-order valence-electron chi connectivity index (χ3n) is 1.45. The number of carbonyl (C=O) groups excluding carboxylic acids is 1. The van der Waals surface area contributed by atoms with Gasteiger partial charge in [-0.15, -0.1) is 0 Å². The molecular formula is C10H14ClN3O2S. The monoisotopic (exact) mass is 275 g/mol. The van der Waals surface area contributed by atoms with Crippen LogP contribution in [0.1, 0.15) is 20.8 Å². The van der Waals surface area contributed by atoms with E-state index >= 15 is 0 Å². The first-order chi connectivity index (χ1) is 7.76. The Hall–Kier alpha value is -1.01. The van der Waals surface area contributed by atoms with Crippen molar-refractivity contribution in [2.75, 3.05) is 11.5 Å². The van der Waals surface area contributed by atoms with Crippen molar-refractivity contribution in [2.45, 2.75) is 31.4 Å². The predicted molar refractivity (Wildman–Crippen MR) is 68.0 cm³/mol. The summed E-state index contributed by atoms with van der Waals surface area (Å²) in [5, 5.41) is 0.803. The molecule has 1 aromatic rings. The first-order valence-electron chi connectivity index (χ1n) is 4.91. The van der Waals surface area contributed by atoms with Crippen molar-refractivity contribution >= 4 is 35.3 Å². The maximum absolute atomic E-state index is 11.5. The zero-order valence-electron chi connectivity index (χ0n) is 9.86. The summed E-state index contributed by atoms with van der Waals surface area (Å²) in [6, 6.07) is 1.55. The van der Waals surface area contributed by atoms with Crippen LogP contribution in [0.4, 0.5) is 5.95 Å². The lowest BCUT2D eigenvalue weighted by molar-refractivity contribution is -0.151. The summed E-state index contributed by atoms with van der Waals surface area (Å²) in [5.74, 6) is -0.0654. The molecule has 0 saturated carbocycles. The van der Waals surface area contributed by atoms with Crippen molar-refractivity contribution in [3.8, 4) is 0 Å². The minimum absolute atomic E-state index is 0.0872. The van der Waals surface area contributed by atoms with Crippen LogP contribution in [0.2, 0.25) is 5.15 Å². The second kappa shape index (κ2) is 5.55. The van der Waals surface area contributed by atoms with Gasteiger partial charge in [0.15, 0.2) is 0 Å². The van der Waals surface area contributed by atoms with Gasteiger partial charge < -0.3 is 10.5 Å². The van der Waals surface area contributed by atoms with Crippen LogP contribution in [0.5, 0.6) is 0 Å². The number of anilines is 1. The van der Waals surface area contributed by atoms with E-state index in [0.29, 0.717) is 5.03 Å². The lowest BCUT2D eigenvalue weighted by Crippen LogP contribution is -2.24. The average molecular weight is 276 g/mol. The minimum atomic E-state index is -0.486. The molecular weight excluding hydrogens is 262 g/mol. The maximum atomic E-state index is 11.5. The van der Waals surface area contributed by atoms with E-state index in [9.17, 15) is 4.79 Å². The highest BCUT2D eigenvalue weighted by Crippen LogP contribution is 2.20. The van der Waals surface area contributed by atoms with Crippen LogP contribution in [0, 0.1) is 0 Å². The highest BCUT2D eigenvalue weighted by atomic mass is 35.5. The Kier molecular flexibility index (Phi) is 4.59. The van der Waals surface area contributed by atoms with Gasteiger partial charge in [-0.05, 0) is 20.8 Å². The van der Waals surface area contributed by atoms with Crippen LogP contribution in [0.15, 0.2) is 11.1 Å². The minimum Gasteiger partial charge on any atom is -0.459 e. The molecule has 0 aromatic carbocycles. The Morgan fingerprint density at radius 1 is 1.53 bits per heavy atom. The molecule has 0 aliphatic rings. The second-order valence-corrected chi connectivity index (χ2v) is 5.65. The first-order valence-corrected chi connectivity index (χ1v) is 6.27. The largest absolute Gasteiger partial charge is 0.459 e. The van der Waals surface area contributed by atoms with Crippen LogP contribution in [-0.4, -0.2) is 27.3 Å². The molecule has 17 heavy (non-hydrogen) atoms. The highest BCUT2D eigenvalue weighted by Gasteiger charge is 2.16. The molecule has 0 aliphatic carbocycles. The summed E-state index contributed by atoms with van der Waals surface area (Å²) in [4.78, 5) is 19.1. The summed E-state index contributed by atoms with van der Waals surface area (Å²) in [7, 11) is 0. The first kappa shape index (κ1) is 14.1. The topological polar surface area (TPSA) is 78.1 Å². The lowest BCUT2D eigenvalue weighted by atomic mass is 10.2. The van der Waals surface area contributed by atoms with Crippen molar-refractivity contribution < 1.29 is 9.53 Å². The number of hydrogen-bond donors (Lipinski definition) is 1. The zero-order chi connectivity index (χ0) is 13.1. The number of thioether (sulfide) groups is 1. The molecule has 0 atom stereocenters. The Morgan fingerprint density at radius 3 is 2.71 bits per heavy atom. The van der Waals surface area contributed by atoms with Gasteiger partial charge in [0, 0.05) is 6.07 Å². The zero-order valence-corrected chi connectivity index (χ0v) is 11.4. The van der Waals surface area contributed by atoms with E-state index in [1.807, 2.05) is 20.8 Å². The number of nitrogen functional groups attached to an aromatic ring is 1. The van der Waals surface area contributed by atoms with Crippen LogP contribution >= 0.6 is 23.4 Å². The quantitative estimate of drug-likeness (QED) is 0.517. The van der Waals surface area contributed by atoms with Crippen LogP contribution in [0.3, 0.4) is 0 Å². The second-order valence-electron chi connectivity index (χ2n) is 4.26. The summed E-state index contributed by atoms with van der Waals surface area (Å²) < 4.78 is 5.15. The molecule has 5 nitrogen and oxygen atoms in total. The maximum Gasteiger partial charge on any atom is 0.316 e. The van der Waals surface area contributed by atoms with Gasteiger partial charge in [0.1, 0.15) is 15.8 Å². The van der Waals surface area contributed by atoms with Gasteiger partial charge in [-0.25, -0.2) is 9.97 Å². The Labute approximate surface area is 109 Å². The Morgan fingerprint density at radius 2 is 2.18 bits per heavy atom. The number of esters is 1. The standard InChI is InChI=1S/C10H14ClN3O2S/c1-10(2,3)16-8(15)5-17-7-4-6(11)13-9(12)14-7/h4H,5H2,1-3H3,(H2,12,13,14). The number of nitrogens with zero attached hydrogens (tertiary/aromatic N) is 2. The SMILES string of the molecule is CC(C)(C)OC(=O)CSc1cc(Cl)nc(N)n1. The number of carbonyl (C=O) groups is 1. The van der Waals surface area contributed by atoms with E-state index < -0.39 is 5.60 Å². The van der Waals surface area contributed by atoms with Gasteiger partial charge in [-0.3, -0.25) is 4.79 Å². The predicted octanol–water partition coefficient (Wildman–Crippen LogP) is 2.15. The van der Waals surface area contributed by atoms with E-state index in [-0.39, 0.29) is 22.8 Å². The van der Waals surface area contributed by atoms with E-state index in [4.69, 9.17) is 22.1 Å². The molecule has 0 spiro atoms. The summed E-state index contributed by atoms with van der Waals surface area (Å²) in [6.45, 7) is 5.44. The molecule has 0 amide bonds. The molecule has 1 heterocycles. The van der Waals surface area contributed by atoms with Crippen molar-refractivity contribution in [2.24, 2.45) is 0 Å². The van der Waals surface area contributed by atoms with Gasteiger partial charge in [-0.1, -0.05) is 23.4 Å². The molecule has 0 fully saturated rings. The van der Waals surface area contributed by atoms with Crippen molar-refractivity contribution in [3.63, 3.8) is 0 Å². The van der Waals surface area contributed by atoms with Gasteiger partial charge in [0.2, 0.25) is 5.95 Å². The van der Waals surface area contributed by atoms with E-state index in [1.165, 1.54) is 11.8 Å². The summed E-state index contributed by atoms with van der Waals surface area (Å²) in [5.41, 5.74) is 4.95. The highest BCUT2D eigenvalue weighted by molar-refractivity contribution is 7.99. The molecule has 0 unspecified atom stereocenters. The van der Waals surface area contributed by atoms with Crippen molar-refractivity contribution in [1.82, 2.24) is 9.97 Å². The van der Waals surface area contributed by atoms with Crippen LogP contribution in [0.25, 0.3) is 0 Å². The fourth-order valence-corrected chi connectivity index (χ4v) is 1.92. The molecule has 1 aromatic heterocycles. The molecule has 94 valence electrons. The number of ether oxygens (including phenoxy) is 1. The Balaban J connectivity index is 2.53. The average Bonchev–Trinajstić information content (AvgIpc) is 2.10. The summed E-state index contributed by atoms with van der Waals surface area (Å²) >= 11 is 6.92. The van der Waals surface area contributed by atoms with Gasteiger partial charge in [0.05, 0.1) is 5.75 Å². The smallest absolute Gasteiger partial charge is 0.316 e. The number of aromatic nitrogens is 2. The van der Waals surface area contributed by atoms with E-state index in [2.05, 4.69) is 9.97 Å². The fourth-order valence-electron chi connectivity index (χ4n) is 0.992. The normalized spacial score (nSPS) is 11.3. The number of nitrogens with two attached hydrogens (primary N) is 1. The number of halogens is 1. The van der Waals surface area contributed by atoms with Crippen LogP contribution < -0.4 is 5.73 Å². The molecule has 0 aliphatic heterocycles. The number of hydrogen-bond acceptors (Lipinski definition) is 6. The van der Waals surface area contributed by atoms with Crippen molar-refractivity contribution in [3.05, 3.63) is 11.2 Å². The molecule has 0 bridgehead atoms. The third-order valence-corrected chi connectivity index (χ3v) is 2.53. The van der Waals surface area contributed by atoms with Crippen LogP contribution in [-0.2, 0) is 9.53 Å². The van der Waals surface area contributed by atoms with Gasteiger partial charge >= 0.3 is 5.97 Å². The molecule has 0 radical (unpaired) electrons. The molecule has 7 heteroatoms. The molecule has 2 N–H and O–H groups in total. The van der Waals surface area contributed by atoms with E-state index in [0.717, 1.165) is 0 Å². The molecule has 1 rings (SSSR count). The fraction of sp³-hybridized carbons (Fsp3) is 0.500. The van der Waals surface area contributed by atoms with E-state index in [1.54, 1.807) is 6.07 Å². The third kappa shape index (κ3) is 5.74. The number of rotatable bonds is 3. The summed E-state index contributed by atoms with van der Waals surface area (Å²) in [6.07, 6.45) is 0. The van der Waals surface area contributed by atoms with Crippen molar-refractivity contribution in [1.29, 1.82) is 0 Å². The lowest BCUT2D eigenvalue weighted by Gasteiger charge is -2.19.